The van der Waals surface area contributed by atoms with Crippen LogP contribution in [0.2, 0.25) is 0 Å². The molecule has 34 heavy (non-hydrogen) atoms. The van der Waals surface area contributed by atoms with Gasteiger partial charge in [0.2, 0.25) is 6.29 Å². The van der Waals surface area contributed by atoms with Crippen molar-refractivity contribution >= 4 is 5.78 Å². The van der Waals surface area contributed by atoms with Gasteiger partial charge in [-0.3, -0.25) is 4.79 Å². The van der Waals surface area contributed by atoms with Crippen LogP contribution in [-0.4, -0.2) is 82.8 Å². The first-order chi connectivity index (χ1) is 16.3. The Morgan fingerprint density at radius 2 is 1.71 bits per heavy atom. The van der Waals surface area contributed by atoms with Crippen LogP contribution in [0.5, 0.6) is 28.7 Å². The predicted octanol–water partition coefficient (Wildman–Crippen LogP) is 0.295. The predicted molar refractivity (Wildman–Crippen MR) is 114 cm³/mol. The number of phenolic OH excluding ortho intramolecular Hbond substituents is 1. The molecule has 2 heterocycles. The third-order valence-electron chi connectivity index (χ3n) is 5.84. The summed E-state index contributed by atoms with van der Waals surface area (Å²) in [4.78, 5) is 13.1. The van der Waals surface area contributed by atoms with Gasteiger partial charge in [0.05, 0.1) is 27.2 Å². The van der Waals surface area contributed by atoms with Gasteiger partial charge in [0, 0.05) is 12.1 Å². The van der Waals surface area contributed by atoms with E-state index in [1.807, 2.05) is 0 Å². The van der Waals surface area contributed by atoms with Gasteiger partial charge in [0.1, 0.15) is 53.3 Å². The summed E-state index contributed by atoms with van der Waals surface area (Å²) in [5.41, 5.74) is 0.669. The number of ether oxygens (including phenoxy) is 5. The van der Waals surface area contributed by atoms with Crippen molar-refractivity contribution in [2.24, 2.45) is 0 Å². The van der Waals surface area contributed by atoms with E-state index in [9.17, 15) is 30.3 Å². The van der Waals surface area contributed by atoms with E-state index in [2.05, 4.69) is 0 Å². The molecule has 2 aromatic rings. The van der Waals surface area contributed by atoms with Crippen LogP contribution in [0.25, 0.3) is 0 Å². The van der Waals surface area contributed by atoms with Crippen molar-refractivity contribution in [2.45, 2.75) is 43.2 Å². The van der Waals surface area contributed by atoms with Crippen LogP contribution in [0.3, 0.4) is 0 Å². The second-order valence-corrected chi connectivity index (χ2v) is 7.98. The number of aromatic hydroxyl groups is 1. The highest BCUT2D eigenvalue weighted by molar-refractivity contribution is 6.02. The summed E-state index contributed by atoms with van der Waals surface area (Å²) >= 11 is 0. The molecule has 2 aliphatic heterocycles. The van der Waals surface area contributed by atoms with E-state index in [0.717, 1.165) is 6.07 Å². The lowest BCUT2D eigenvalue weighted by Crippen LogP contribution is -2.60. The first-order valence-electron chi connectivity index (χ1n) is 10.5. The van der Waals surface area contributed by atoms with Gasteiger partial charge < -0.3 is 49.2 Å². The van der Waals surface area contributed by atoms with Gasteiger partial charge in [-0.1, -0.05) is 6.07 Å². The van der Waals surface area contributed by atoms with Gasteiger partial charge in [0.25, 0.3) is 0 Å². The van der Waals surface area contributed by atoms with E-state index < -0.39 is 43.4 Å². The number of hydrogen-bond donors (Lipinski definition) is 5. The minimum Gasteiger partial charge on any atom is -0.508 e. The topological polar surface area (TPSA) is 164 Å². The van der Waals surface area contributed by atoms with Crippen molar-refractivity contribution in [3.63, 3.8) is 0 Å². The first-order valence-corrected chi connectivity index (χ1v) is 10.5. The number of benzene rings is 2. The summed E-state index contributed by atoms with van der Waals surface area (Å²) in [5, 5.41) is 49.8. The number of carbonyl (C=O) groups is 1. The Morgan fingerprint density at radius 1 is 0.971 bits per heavy atom. The number of Topliss-reactive ketones (excluding diaryl/α,β-unsaturated/α-hetero) is 1. The van der Waals surface area contributed by atoms with Crippen molar-refractivity contribution in [3.8, 4) is 28.7 Å². The molecule has 0 aromatic heterocycles. The molecule has 5 N–H and O–H groups in total. The molecule has 184 valence electrons. The maximum Gasteiger partial charge on any atom is 0.229 e. The Morgan fingerprint density at radius 3 is 2.38 bits per heavy atom. The fourth-order valence-electron chi connectivity index (χ4n) is 4.03. The van der Waals surface area contributed by atoms with Crippen molar-refractivity contribution in [3.05, 3.63) is 41.5 Å². The highest BCUT2D eigenvalue weighted by atomic mass is 16.7. The maximum absolute atomic E-state index is 13.1. The number of rotatable bonds is 6. The Bertz CT molecular complexity index is 1050. The molecule has 0 radical (unpaired) electrons. The zero-order valence-electron chi connectivity index (χ0n) is 18.5. The number of aliphatic hydroxyl groups is 4. The highest BCUT2D eigenvalue weighted by Crippen LogP contribution is 2.44. The zero-order chi connectivity index (χ0) is 24.6. The standard InChI is InChI=1S/C23H26O11/c1-30-13-4-3-10(5-15(13)31-2)14-8-12(26)19-16(32-14)6-11(25)7-17(19)33-23-22(29)21(28)20(27)18(9-24)34-23/h3-7,14,18,20-25,27-29H,8-9H2,1-2H3. The molecule has 2 aliphatic rings. The molecule has 11 nitrogen and oxygen atoms in total. The van der Waals surface area contributed by atoms with Gasteiger partial charge in [0.15, 0.2) is 17.3 Å². The van der Waals surface area contributed by atoms with Gasteiger partial charge >= 0.3 is 0 Å². The Labute approximate surface area is 194 Å². The van der Waals surface area contributed by atoms with Crippen molar-refractivity contribution in [1.29, 1.82) is 0 Å². The molecule has 1 fully saturated rings. The Balaban J connectivity index is 1.63. The van der Waals surface area contributed by atoms with Crippen molar-refractivity contribution < 1.29 is 54.0 Å². The molecule has 0 saturated carbocycles. The van der Waals surface area contributed by atoms with Gasteiger partial charge in [-0.25, -0.2) is 0 Å². The molecule has 4 rings (SSSR count). The van der Waals surface area contributed by atoms with Crippen LogP contribution < -0.4 is 18.9 Å². The van der Waals surface area contributed by atoms with Gasteiger partial charge in [-0.05, 0) is 17.7 Å². The van der Waals surface area contributed by atoms with Crippen LogP contribution in [0.1, 0.15) is 28.4 Å². The van der Waals surface area contributed by atoms with Crippen LogP contribution in [0.4, 0.5) is 0 Å². The molecule has 6 unspecified atom stereocenters. The van der Waals surface area contributed by atoms with Crippen LogP contribution >= 0.6 is 0 Å². The van der Waals surface area contributed by atoms with Crippen molar-refractivity contribution in [2.75, 3.05) is 20.8 Å². The first kappa shape index (κ1) is 24.0. The van der Waals surface area contributed by atoms with E-state index in [1.54, 1.807) is 18.2 Å². The fourth-order valence-corrected chi connectivity index (χ4v) is 4.03. The molecular formula is C23H26O11. The van der Waals surface area contributed by atoms with E-state index in [1.165, 1.54) is 20.3 Å². The quantitative estimate of drug-likeness (QED) is 0.388. The summed E-state index contributed by atoms with van der Waals surface area (Å²) in [6, 6.07) is 7.53. The summed E-state index contributed by atoms with van der Waals surface area (Å²) in [6.45, 7) is -0.641. The Hall–Kier alpha value is -3.09. The number of phenols is 1. The molecule has 11 heteroatoms. The van der Waals surface area contributed by atoms with Crippen LogP contribution in [0.15, 0.2) is 30.3 Å². The fraction of sp³-hybridized carbons (Fsp3) is 0.435. The molecule has 0 amide bonds. The number of methoxy groups -OCH3 is 2. The number of ketones is 1. The highest BCUT2D eigenvalue weighted by Gasteiger charge is 2.45. The lowest BCUT2D eigenvalue weighted by molar-refractivity contribution is -0.277. The molecule has 0 aliphatic carbocycles. The number of fused-ring (bicyclic) bond motifs is 1. The second kappa shape index (κ2) is 9.65. The number of hydrogen-bond acceptors (Lipinski definition) is 11. The number of aliphatic hydroxyl groups excluding tert-OH is 4. The summed E-state index contributed by atoms with van der Waals surface area (Å²) in [5.74, 6) is 0.247. The normalized spacial score (nSPS) is 28.6. The SMILES string of the molecule is COc1ccc(C2CC(=O)c3c(cc(O)cc3OC3OC(CO)C(O)C(O)C3O)O2)cc1OC. The average Bonchev–Trinajstić information content (AvgIpc) is 2.83. The monoisotopic (exact) mass is 478 g/mol. The average molecular weight is 478 g/mol. The van der Waals surface area contributed by atoms with E-state index in [-0.39, 0.29) is 35.0 Å². The largest absolute Gasteiger partial charge is 0.508 e. The third-order valence-corrected chi connectivity index (χ3v) is 5.84. The van der Waals surface area contributed by atoms with E-state index in [4.69, 9.17) is 23.7 Å². The lowest BCUT2D eigenvalue weighted by Gasteiger charge is -2.40. The summed E-state index contributed by atoms with van der Waals surface area (Å²) in [6.07, 6.45) is -8.37. The molecule has 1 saturated heterocycles. The maximum atomic E-state index is 13.1. The lowest BCUT2D eigenvalue weighted by atomic mass is 9.95. The summed E-state index contributed by atoms with van der Waals surface area (Å²) in [7, 11) is 3.00. The van der Waals surface area contributed by atoms with E-state index >= 15 is 0 Å². The zero-order valence-corrected chi connectivity index (χ0v) is 18.5. The van der Waals surface area contributed by atoms with Gasteiger partial charge in [-0.15, -0.1) is 0 Å². The third kappa shape index (κ3) is 4.36. The summed E-state index contributed by atoms with van der Waals surface area (Å²) < 4.78 is 27.5. The second-order valence-electron chi connectivity index (χ2n) is 7.98. The van der Waals surface area contributed by atoms with Crippen molar-refractivity contribution in [1.82, 2.24) is 0 Å². The van der Waals surface area contributed by atoms with Crippen LogP contribution in [-0.2, 0) is 4.74 Å². The minimum absolute atomic E-state index is 0.0199. The van der Waals surface area contributed by atoms with E-state index in [0.29, 0.717) is 17.1 Å². The van der Waals surface area contributed by atoms with Crippen LogP contribution in [0, 0.1) is 0 Å². The smallest absolute Gasteiger partial charge is 0.229 e. The number of carbonyl (C=O) groups excluding carboxylic acids is 1. The molecule has 0 spiro atoms. The molecule has 0 bridgehead atoms. The van der Waals surface area contributed by atoms with Gasteiger partial charge in [-0.2, -0.15) is 0 Å². The molecule has 2 aromatic carbocycles. The molecular weight excluding hydrogens is 452 g/mol. The molecule has 6 atom stereocenters. The Kier molecular flexibility index (Phi) is 6.82. The minimum atomic E-state index is -1.69.